The predicted octanol–water partition coefficient (Wildman–Crippen LogP) is 1.49. The van der Waals surface area contributed by atoms with Crippen LogP contribution in [0.1, 0.15) is 39.2 Å². The largest absolute Gasteiger partial charge is 0.478 e. The standard InChI is InChI=1S/C15H26N4O2/c1-4-18-19-14(16)12-5-6-13(17-11-12)21-10-8-15(2,3)7-9-20/h5-6,11,18,20H,4,7-10H2,1-3H3,(H2,16,19). The maximum Gasteiger partial charge on any atom is 0.213 e. The van der Waals surface area contributed by atoms with Gasteiger partial charge in [-0.1, -0.05) is 13.8 Å². The van der Waals surface area contributed by atoms with Crippen molar-refractivity contribution in [2.45, 2.75) is 33.6 Å². The summed E-state index contributed by atoms with van der Waals surface area (Å²) >= 11 is 0. The summed E-state index contributed by atoms with van der Waals surface area (Å²) in [6.07, 6.45) is 3.27. The smallest absolute Gasteiger partial charge is 0.213 e. The van der Waals surface area contributed by atoms with Crippen LogP contribution in [0.3, 0.4) is 0 Å². The Labute approximate surface area is 126 Å². The van der Waals surface area contributed by atoms with E-state index in [1.165, 1.54) is 0 Å². The number of nitrogens with two attached hydrogens (primary N) is 1. The van der Waals surface area contributed by atoms with Gasteiger partial charge in [-0.15, -0.1) is 0 Å². The molecular formula is C15H26N4O2. The number of rotatable bonds is 9. The van der Waals surface area contributed by atoms with E-state index in [1.807, 2.05) is 13.0 Å². The number of nitrogens with one attached hydrogen (secondary N) is 1. The molecule has 21 heavy (non-hydrogen) atoms. The molecule has 0 atom stereocenters. The zero-order chi connectivity index (χ0) is 15.7. The van der Waals surface area contributed by atoms with Crippen molar-refractivity contribution in [1.82, 2.24) is 10.4 Å². The first-order valence-electron chi connectivity index (χ1n) is 7.24. The summed E-state index contributed by atoms with van der Waals surface area (Å²) in [6.45, 7) is 7.66. The number of aliphatic hydroxyl groups is 1. The van der Waals surface area contributed by atoms with E-state index in [0.29, 0.717) is 18.3 Å². The first-order chi connectivity index (χ1) is 9.98. The van der Waals surface area contributed by atoms with Crippen LogP contribution in [0.5, 0.6) is 5.88 Å². The van der Waals surface area contributed by atoms with Crippen molar-refractivity contribution in [2.75, 3.05) is 19.8 Å². The fourth-order valence-corrected chi connectivity index (χ4v) is 1.71. The highest BCUT2D eigenvalue weighted by Crippen LogP contribution is 2.24. The minimum Gasteiger partial charge on any atom is -0.478 e. The lowest BCUT2D eigenvalue weighted by atomic mass is 9.86. The van der Waals surface area contributed by atoms with Gasteiger partial charge in [-0.2, -0.15) is 5.10 Å². The van der Waals surface area contributed by atoms with Gasteiger partial charge >= 0.3 is 0 Å². The molecule has 0 aliphatic carbocycles. The van der Waals surface area contributed by atoms with Crippen molar-refractivity contribution in [1.29, 1.82) is 0 Å². The van der Waals surface area contributed by atoms with Gasteiger partial charge in [0.15, 0.2) is 5.84 Å². The normalized spacial score (nSPS) is 12.3. The molecule has 1 rings (SSSR count). The van der Waals surface area contributed by atoms with E-state index >= 15 is 0 Å². The first-order valence-corrected chi connectivity index (χ1v) is 7.24. The summed E-state index contributed by atoms with van der Waals surface area (Å²) in [6, 6.07) is 3.61. The van der Waals surface area contributed by atoms with Crippen molar-refractivity contribution >= 4 is 5.84 Å². The lowest BCUT2D eigenvalue weighted by molar-refractivity contribution is 0.170. The average Bonchev–Trinajstić information content (AvgIpc) is 2.45. The van der Waals surface area contributed by atoms with E-state index < -0.39 is 0 Å². The molecular weight excluding hydrogens is 268 g/mol. The van der Waals surface area contributed by atoms with Crippen LogP contribution in [-0.2, 0) is 0 Å². The highest BCUT2D eigenvalue weighted by atomic mass is 16.5. The van der Waals surface area contributed by atoms with Crippen molar-refractivity contribution < 1.29 is 9.84 Å². The van der Waals surface area contributed by atoms with Crippen LogP contribution < -0.4 is 15.9 Å². The number of nitrogens with zero attached hydrogens (tertiary/aromatic N) is 2. The van der Waals surface area contributed by atoms with Crippen molar-refractivity contribution in [3.05, 3.63) is 23.9 Å². The molecule has 1 heterocycles. The quantitative estimate of drug-likeness (QED) is 0.364. The van der Waals surface area contributed by atoms with Crippen LogP contribution in [0.25, 0.3) is 0 Å². The fraction of sp³-hybridized carbons (Fsp3) is 0.600. The first kappa shape index (κ1) is 17.2. The summed E-state index contributed by atoms with van der Waals surface area (Å²) in [5.41, 5.74) is 9.43. The Morgan fingerprint density at radius 2 is 2.19 bits per heavy atom. The zero-order valence-electron chi connectivity index (χ0n) is 13.1. The van der Waals surface area contributed by atoms with E-state index in [-0.39, 0.29) is 12.0 Å². The molecule has 0 bridgehead atoms. The fourth-order valence-electron chi connectivity index (χ4n) is 1.71. The summed E-state index contributed by atoms with van der Waals surface area (Å²) < 4.78 is 5.62. The second kappa shape index (κ2) is 8.46. The van der Waals surface area contributed by atoms with Crippen LogP contribution in [0.2, 0.25) is 0 Å². The van der Waals surface area contributed by atoms with E-state index in [2.05, 4.69) is 29.4 Å². The molecule has 0 radical (unpaired) electrons. The van der Waals surface area contributed by atoms with E-state index in [4.69, 9.17) is 15.6 Å². The van der Waals surface area contributed by atoms with E-state index in [0.717, 1.165) is 24.9 Å². The highest BCUT2D eigenvalue weighted by molar-refractivity contribution is 5.96. The second-order valence-corrected chi connectivity index (χ2v) is 5.63. The minimum atomic E-state index is 0.0671. The van der Waals surface area contributed by atoms with Gasteiger partial charge in [0, 0.05) is 31.0 Å². The van der Waals surface area contributed by atoms with Gasteiger partial charge in [-0.05, 0) is 31.2 Å². The number of ether oxygens (including phenoxy) is 1. The molecule has 0 unspecified atom stereocenters. The topological polar surface area (TPSA) is 92.8 Å². The van der Waals surface area contributed by atoms with Crippen molar-refractivity contribution in [2.24, 2.45) is 16.3 Å². The third-order valence-electron chi connectivity index (χ3n) is 3.21. The third-order valence-corrected chi connectivity index (χ3v) is 3.21. The van der Waals surface area contributed by atoms with E-state index in [1.54, 1.807) is 12.3 Å². The lowest BCUT2D eigenvalue weighted by Gasteiger charge is -2.23. The molecule has 1 aromatic rings. The number of hydrogen-bond acceptors (Lipinski definition) is 5. The summed E-state index contributed by atoms with van der Waals surface area (Å²) in [7, 11) is 0. The number of pyridine rings is 1. The molecule has 1 aromatic heterocycles. The second-order valence-electron chi connectivity index (χ2n) is 5.63. The van der Waals surface area contributed by atoms with Crippen LogP contribution in [0.15, 0.2) is 23.4 Å². The molecule has 0 aliphatic heterocycles. The molecule has 0 aromatic carbocycles. The monoisotopic (exact) mass is 294 g/mol. The molecule has 6 nitrogen and oxygen atoms in total. The molecule has 118 valence electrons. The molecule has 0 amide bonds. The highest BCUT2D eigenvalue weighted by Gasteiger charge is 2.17. The number of aromatic nitrogens is 1. The molecule has 0 aliphatic rings. The lowest BCUT2D eigenvalue weighted by Crippen LogP contribution is -2.19. The molecule has 4 N–H and O–H groups in total. The molecule has 0 fully saturated rings. The Morgan fingerprint density at radius 1 is 1.43 bits per heavy atom. The molecule has 0 saturated carbocycles. The van der Waals surface area contributed by atoms with Gasteiger partial charge in [0.05, 0.1) is 6.61 Å². The van der Waals surface area contributed by atoms with Gasteiger partial charge in [-0.3, -0.25) is 0 Å². The van der Waals surface area contributed by atoms with E-state index in [9.17, 15) is 0 Å². The number of aliphatic hydroxyl groups excluding tert-OH is 1. The Kier molecular flexibility index (Phi) is 6.94. The number of hydrogen-bond donors (Lipinski definition) is 3. The van der Waals surface area contributed by atoms with Gasteiger partial charge in [0.25, 0.3) is 0 Å². The zero-order valence-corrected chi connectivity index (χ0v) is 13.1. The average molecular weight is 294 g/mol. The Bertz CT molecular complexity index is 443. The molecule has 0 spiro atoms. The maximum absolute atomic E-state index is 8.98. The van der Waals surface area contributed by atoms with Gasteiger partial charge < -0.3 is 21.0 Å². The van der Waals surface area contributed by atoms with Crippen molar-refractivity contribution in [3.8, 4) is 5.88 Å². The minimum absolute atomic E-state index is 0.0671. The van der Waals surface area contributed by atoms with Crippen LogP contribution in [0.4, 0.5) is 0 Å². The van der Waals surface area contributed by atoms with Gasteiger partial charge in [0.1, 0.15) is 0 Å². The van der Waals surface area contributed by atoms with Crippen LogP contribution in [0, 0.1) is 5.41 Å². The summed E-state index contributed by atoms with van der Waals surface area (Å²) in [5, 5.41) is 13.0. The summed E-state index contributed by atoms with van der Waals surface area (Å²) in [4.78, 5) is 4.21. The number of hydrazone groups is 1. The third kappa shape index (κ3) is 6.44. The van der Waals surface area contributed by atoms with Gasteiger partial charge in [0.2, 0.25) is 5.88 Å². The Hall–Kier alpha value is -1.82. The SMILES string of the molecule is CCN/N=C(\N)c1ccc(OCCC(C)(C)CCO)nc1. The van der Waals surface area contributed by atoms with Crippen molar-refractivity contribution in [3.63, 3.8) is 0 Å². The molecule has 6 heteroatoms. The maximum atomic E-state index is 8.98. The Balaban J connectivity index is 2.48. The van der Waals surface area contributed by atoms with Crippen LogP contribution >= 0.6 is 0 Å². The molecule has 0 saturated heterocycles. The predicted molar refractivity (Wildman–Crippen MR) is 84.2 cm³/mol. The Morgan fingerprint density at radius 3 is 2.76 bits per heavy atom. The summed E-state index contributed by atoms with van der Waals surface area (Å²) in [5.74, 6) is 0.967. The van der Waals surface area contributed by atoms with Gasteiger partial charge in [-0.25, -0.2) is 4.98 Å². The van der Waals surface area contributed by atoms with Crippen LogP contribution in [-0.4, -0.2) is 35.7 Å². The number of amidine groups is 1.